The molecule has 32 heavy (non-hydrogen) atoms. The Morgan fingerprint density at radius 2 is 1.84 bits per heavy atom. The lowest BCUT2D eigenvalue weighted by Gasteiger charge is -2.08. The van der Waals surface area contributed by atoms with Gasteiger partial charge in [0.1, 0.15) is 0 Å². The van der Waals surface area contributed by atoms with E-state index in [-0.39, 0.29) is 15.4 Å². The smallest absolute Gasteiger partial charge is 0.279 e. The van der Waals surface area contributed by atoms with Gasteiger partial charge in [-0.15, -0.1) is 0 Å². The topological polar surface area (TPSA) is 138 Å². The second-order valence-corrected chi connectivity index (χ2v) is 12.3. The molecule has 0 atom stereocenters. The number of aromatic nitrogens is 1. The highest BCUT2D eigenvalue weighted by atomic mass is 32.2. The van der Waals surface area contributed by atoms with Crippen LogP contribution < -0.4 is 9.94 Å². The van der Waals surface area contributed by atoms with Gasteiger partial charge in [0.25, 0.3) is 5.91 Å². The molecule has 12 heteroatoms. The summed E-state index contributed by atoms with van der Waals surface area (Å²) in [4.78, 5) is 17.4. The van der Waals surface area contributed by atoms with Gasteiger partial charge in [-0.3, -0.25) is 4.79 Å². The van der Waals surface area contributed by atoms with Crippen LogP contribution in [0.4, 0.5) is 0 Å². The van der Waals surface area contributed by atoms with Crippen LogP contribution in [0.15, 0.2) is 57.2 Å². The number of ether oxygens (including phenoxy) is 1. The monoisotopic (exact) mass is 497 g/mol. The van der Waals surface area contributed by atoms with Crippen molar-refractivity contribution in [1.82, 2.24) is 4.57 Å². The van der Waals surface area contributed by atoms with Crippen molar-refractivity contribution < 1.29 is 26.4 Å². The Morgan fingerprint density at radius 1 is 1.12 bits per heavy atom. The third-order valence-corrected chi connectivity index (χ3v) is 8.83. The average molecular weight is 498 g/mol. The lowest BCUT2D eigenvalue weighted by atomic mass is 10.2. The van der Waals surface area contributed by atoms with Crippen molar-refractivity contribution in [2.24, 2.45) is 10.1 Å². The first kappa shape index (κ1) is 24.3. The summed E-state index contributed by atoms with van der Waals surface area (Å²) < 4.78 is 55.7. The highest BCUT2D eigenvalue weighted by Crippen LogP contribution is 2.22. The molecule has 0 bridgehead atoms. The minimum absolute atomic E-state index is 0.0467. The number of primary sulfonamides is 1. The zero-order valence-corrected chi connectivity index (χ0v) is 20.1. The summed E-state index contributed by atoms with van der Waals surface area (Å²) in [7, 11) is -5.90. The van der Waals surface area contributed by atoms with Crippen LogP contribution >= 0.6 is 11.3 Å². The second-order valence-electron chi connectivity index (χ2n) is 7.24. The number of rotatable bonds is 7. The van der Waals surface area contributed by atoms with Crippen molar-refractivity contribution in [1.29, 1.82) is 0 Å². The summed E-state index contributed by atoms with van der Waals surface area (Å²) in [5.74, 6) is -0.616. The van der Waals surface area contributed by atoms with Gasteiger partial charge >= 0.3 is 0 Å². The molecule has 0 saturated carbocycles. The molecule has 2 N–H and O–H groups in total. The molecule has 9 nitrogen and oxygen atoms in total. The molecule has 0 saturated heterocycles. The van der Waals surface area contributed by atoms with Crippen LogP contribution in [0.2, 0.25) is 0 Å². The molecule has 0 aliphatic heterocycles. The molecular formula is C20H23N3O6S3. The van der Waals surface area contributed by atoms with Crippen LogP contribution in [0.25, 0.3) is 10.2 Å². The first-order chi connectivity index (χ1) is 14.9. The van der Waals surface area contributed by atoms with E-state index in [1.807, 2.05) is 0 Å². The number of thiazole rings is 1. The average Bonchev–Trinajstić information content (AvgIpc) is 3.07. The van der Waals surface area contributed by atoms with Crippen molar-refractivity contribution >= 4 is 47.3 Å². The fourth-order valence-corrected chi connectivity index (χ4v) is 5.76. The zero-order chi connectivity index (χ0) is 23.7. The Morgan fingerprint density at radius 3 is 2.47 bits per heavy atom. The predicted octanol–water partition coefficient (Wildman–Crippen LogP) is 1.92. The van der Waals surface area contributed by atoms with Gasteiger partial charge in [-0.2, -0.15) is 4.99 Å². The number of hydrogen-bond donors (Lipinski definition) is 1. The number of carbonyl (C=O) groups excluding carboxylic acids is 1. The van der Waals surface area contributed by atoms with Gasteiger partial charge in [0.05, 0.1) is 31.9 Å². The van der Waals surface area contributed by atoms with E-state index in [2.05, 4.69) is 4.99 Å². The fourth-order valence-electron chi connectivity index (χ4n) is 2.94. The Kier molecular flexibility index (Phi) is 7.00. The molecule has 2 aromatic carbocycles. The minimum atomic E-state index is -3.89. The first-order valence-corrected chi connectivity index (χ1v) is 13.4. The Bertz CT molecular complexity index is 1450. The van der Waals surface area contributed by atoms with E-state index >= 15 is 0 Å². The molecule has 172 valence electrons. The number of amides is 1. The van der Waals surface area contributed by atoms with E-state index < -0.39 is 31.0 Å². The molecule has 0 aliphatic rings. The predicted molar refractivity (Wildman–Crippen MR) is 122 cm³/mol. The summed E-state index contributed by atoms with van der Waals surface area (Å²) in [6, 6.07) is 10.2. The van der Waals surface area contributed by atoms with Gasteiger partial charge in [0.15, 0.2) is 14.6 Å². The van der Waals surface area contributed by atoms with Crippen LogP contribution in [0.5, 0.6) is 0 Å². The zero-order valence-electron chi connectivity index (χ0n) is 17.7. The van der Waals surface area contributed by atoms with Gasteiger partial charge in [-0.05, 0) is 50.2 Å². The standard InChI is InChI=1S/C20H23N3O6S3/c1-13(2)31(25,26)15-6-4-5-14(11-15)19(24)22-20-23(9-10-29-3)17-8-7-16(32(21,27)28)12-18(17)30-20/h4-8,11-13H,9-10H2,1-3H3,(H2,21,27,28). The lowest BCUT2D eigenvalue weighted by Crippen LogP contribution is -2.19. The number of hydrogen-bond acceptors (Lipinski definition) is 7. The van der Waals surface area contributed by atoms with Gasteiger partial charge in [0.2, 0.25) is 10.0 Å². The van der Waals surface area contributed by atoms with E-state index in [0.29, 0.717) is 28.2 Å². The third kappa shape index (κ3) is 4.99. The normalized spacial score (nSPS) is 13.2. The van der Waals surface area contributed by atoms with E-state index in [4.69, 9.17) is 9.88 Å². The molecular weight excluding hydrogens is 474 g/mol. The van der Waals surface area contributed by atoms with Gasteiger partial charge < -0.3 is 9.30 Å². The molecule has 3 aromatic rings. The maximum atomic E-state index is 12.9. The quantitative estimate of drug-likeness (QED) is 0.529. The molecule has 1 heterocycles. The van der Waals surface area contributed by atoms with Crippen molar-refractivity contribution in [3.8, 4) is 0 Å². The van der Waals surface area contributed by atoms with Crippen molar-refractivity contribution in [2.75, 3.05) is 13.7 Å². The Hall–Kier alpha value is -2.38. The summed E-state index contributed by atoms with van der Waals surface area (Å²) >= 11 is 1.12. The number of benzene rings is 2. The van der Waals surface area contributed by atoms with Crippen LogP contribution in [-0.2, 0) is 31.1 Å². The van der Waals surface area contributed by atoms with Gasteiger partial charge in [-0.1, -0.05) is 17.4 Å². The number of sulfone groups is 1. The SMILES string of the molecule is COCCn1c(=NC(=O)c2cccc(S(=O)(=O)C(C)C)c2)sc2cc(S(N)(=O)=O)ccc21. The van der Waals surface area contributed by atoms with E-state index in [1.165, 1.54) is 43.5 Å². The van der Waals surface area contributed by atoms with Crippen LogP contribution in [-0.4, -0.2) is 46.3 Å². The second kappa shape index (κ2) is 9.24. The number of nitrogens with zero attached hydrogens (tertiary/aromatic N) is 2. The first-order valence-electron chi connectivity index (χ1n) is 9.53. The number of methoxy groups -OCH3 is 1. The van der Waals surface area contributed by atoms with Crippen molar-refractivity contribution in [3.05, 3.63) is 52.8 Å². The summed E-state index contributed by atoms with van der Waals surface area (Å²) in [6.45, 7) is 3.85. The summed E-state index contributed by atoms with van der Waals surface area (Å²) in [5, 5.41) is 4.60. The summed E-state index contributed by atoms with van der Waals surface area (Å²) in [6.07, 6.45) is 0. The highest BCUT2D eigenvalue weighted by molar-refractivity contribution is 7.92. The highest BCUT2D eigenvalue weighted by Gasteiger charge is 2.20. The molecule has 1 amide bonds. The molecule has 1 aromatic heterocycles. The van der Waals surface area contributed by atoms with Gasteiger partial charge in [-0.25, -0.2) is 22.0 Å². The van der Waals surface area contributed by atoms with E-state index in [0.717, 1.165) is 11.3 Å². The molecule has 0 fully saturated rings. The molecule has 3 rings (SSSR count). The number of fused-ring (bicyclic) bond motifs is 1. The Labute approximate surface area is 190 Å². The number of nitrogens with two attached hydrogens (primary N) is 1. The van der Waals surface area contributed by atoms with Gasteiger partial charge in [0, 0.05) is 19.2 Å². The van der Waals surface area contributed by atoms with Crippen LogP contribution in [0.1, 0.15) is 24.2 Å². The maximum Gasteiger partial charge on any atom is 0.279 e. The molecule has 0 unspecified atom stereocenters. The van der Waals surface area contributed by atoms with Crippen molar-refractivity contribution in [2.45, 2.75) is 35.4 Å². The number of carbonyl (C=O) groups is 1. The molecule has 0 spiro atoms. The van der Waals surface area contributed by atoms with Crippen molar-refractivity contribution in [3.63, 3.8) is 0 Å². The fraction of sp³-hybridized carbons (Fsp3) is 0.300. The molecule has 0 aliphatic carbocycles. The number of sulfonamides is 1. The minimum Gasteiger partial charge on any atom is -0.383 e. The summed E-state index contributed by atoms with van der Waals surface area (Å²) in [5.41, 5.74) is 0.801. The van der Waals surface area contributed by atoms with E-state index in [1.54, 1.807) is 24.5 Å². The third-order valence-electron chi connectivity index (χ3n) is 4.73. The van der Waals surface area contributed by atoms with Crippen LogP contribution in [0, 0.1) is 0 Å². The Balaban J connectivity index is 2.13. The lowest BCUT2D eigenvalue weighted by molar-refractivity contribution is 0.0997. The van der Waals surface area contributed by atoms with Crippen LogP contribution in [0.3, 0.4) is 0 Å². The molecule has 0 radical (unpaired) electrons. The van der Waals surface area contributed by atoms with E-state index in [9.17, 15) is 21.6 Å². The largest absolute Gasteiger partial charge is 0.383 e. The maximum absolute atomic E-state index is 12.9.